The fourth-order valence-electron chi connectivity index (χ4n) is 4.03. The van der Waals surface area contributed by atoms with Gasteiger partial charge in [-0.25, -0.2) is 9.97 Å². The number of amides is 1. The van der Waals surface area contributed by atoms with Gasteiger partial charge in [0.25, 0.3) is 5.91 Å². The fraction of sp³-hybridized carbons (Fsp3) is 0.261. The van der Waals surface area contributed by atoms with Gasteiger partial charge < -0.3 is 16.2 Å². The van der Waals surface area contributed by atoms with E-state index >= 15 is 0 Å². The van der Waals surface area contributed by atoms with E-state index in [1.165, 1.54) is 12.4 Å². The number of carbonyl (C=O) groups is 1. The topological polar surface area (TPSA) is 146 Å². The maximum Gasteiger partial charge on any atom is 0.276 e. The fourth-order valence-corrected chi connectivity index (χ4v) is 4.03. The van der Waals surface area contributed by atoms with Crippen LogP contribution in [0.25, 0.3) is 22.0 Å². The second kappa shape index (κ2) is 8.93. The molecule has 0 bridgehead atoms. The highest BCUT2D eigenvalue weighted by molar-refractivity contribution is 6.11. The quantitative estimate of drug-likeness (QED) is 0.366. The number of piperidine rings is 1. The van der Waals surface area contributed by atoms with E-state index in [0.29, 0.717) is 11.1 Å². The lowest BCUT2D eigenvalue weighted by molar-refractivity contribution is 0.0792. The molecule has 1 amide bonds. The van der Waals surface area contributed by atoms with Gasteiger partial charge in [0, 0.05) is 43.0 Å². The van der Waals surface area contributed by atoms with Crippen LogP contribution in [0, 0.1) is 0 Å². The van der Waals surface area contributed by atoms with E-state index in [9.17, 15) is 9.90 Å². The van der Waals surface area contributed by atoms with E-state index in [4.69, 9.17) is 5.73 Å². The van der Waals surface area contributed by atoms with Crippen molar-refractivity contribution in [2.75, 3.05) is 24.1 Å². The molecule has 0 saturated carbocycles. The first-order chi connectivity index (χ1) is 16.0. The number of aromatic amines is 1. The molecule has 0 aliphatic carbocycles. The zero-order valence-corrected chi connectivity index (χ0v) is 17.9. The Hall–Kier alpha value is -3.89. The summed E-state index contributed by atoms with van der Waals surface area (Å²) in [6.45, 7) is 2.55. The first kappa shape index (κ1) is 21.0. The van der Waals surface area contributed by atoms with Crippen molar-refractivity contribution in [2.24, 2.45) is 0 Å². The molecule has 1 fully saturated rings. The summed E-state index contributed by atoms with van der Waals surface area (Å²) in [5.74, 6) is -0.234. The molecule has 1 saturated heterocycles. The number of nitrogens with zero attached hydrogens (tertiary/aromatic N) is 5. The standard InChI is InChI=1S/C23H24N8O2/c24-23-26-11-17(12-27-23)28-22(33)21-19-8-15(1-2-20(19)29-30-21)16-7-14(9-25-10-16)13-31-5-3-18(32)4-6-31/h1-2,7-12,18,32H,3-6,13H2,(H,28,33)(H,29,30)(H2,24,26,27). The molecule has 168 valence electrons. The normalized spacial score (nSPS) is 15.1. The number of aliphatic hydroxyl groups excluding tert-OH is 1. The lowest BCUT2D eigenvalue weighted by Crippen LogP contribution is -2.35. The van der Waals surface area contributed by atoms with E-state index in [2.05, 4.69) is 41.4 Å². The van der Waals surface area contributed by atoms with Crippen LogP contribution in [0.5, 0.6) is 0 Å². The average molecular weight is 444 g/mol. The van der Waals surface area contributed by atoms with Crippen molar-refractivity contribution in [3.8, 4) is 11.1 Å². The van der Waals surface area contributed by atoms with Crippen molar-refractivity contribution in [1.82, 2.24) is 30.0 Å². The Balaban J connectivity index is 1.38. The van der Waals surface area contributed by atoms with Gasteiger partial charge in [0.15, 0.2) is 5.69 Å². The van der Waals surface area contributed by atoms with Gasteiger partial charge in [0.2, 0.25) is 5.95 Å². The van der Waals surface area contributed by atoms with Crippen molar-refractivity contribution >= 4 is 28.4 Å². The molecule has 3 aromatic heterocycles. The van der Waals surface area contributed by atoms with Crippen molar-refractivity contribution < 1.29 is 9.90 Å². The minimum absolute atomic E-state index is 0.136. The van der Waals surface area contributed by atoms with Crippen LogP contribution in [0.2, 0.25) is 0 Å². The van der Waals surface area contributed by atoms with Gasteiger partial charge in [-0.1, -0.05) is 6.07 Å². The van der Waals surface area contributed by atoms with Crippen molar-refractivity contribution in [3.05, 3.63) is 60.3 Å². The van der Waals surface area contributed by atoms with Gasteiger partial charge in [-0.2, -0.15) is 5.10 Å². The van der Waals surface area contributed by atoms with E-state index < -0.39 is 0 Å². The number of fused-ring (bicyclic) bond motifs is 1. The summed E-state index contributed by atoms with van der Waals surface area (Å²) in [4.78, 5) is 27.3. The van der Waals surface area contributed by atoms with E-state index in [0.717, 1.165) is 54.7 Å². The summed E-state index contributed by atoms with van der Waals surface area (Å²) >= 11 is 0. The van der Waals surface area contributed by atoms with Gasteiger partial charge in [-0.15, -0.1) is 0 Å². The van der Waals surface area contributed by atoms with Gasteiger partial charge in [0.1, 0.15) is 0 Å². The Morgan fingerprint density at radius 2 is 1.91 bits per heavy atom. The van der Waals surface area contributed by atoms with Gasteiger partial charge >= 0.3 is 0 Å². The van der Waals surface area contributed by atoms with Crippen LogP contribution in [0.1, 0.15) is 28.9 Å². The number of nitrogens with one attached hydrogen (secondary N) is 2. The smallest absolute Gasteiger partial charge is 0.276 e. The molecule has 5 rings (SSSR count). The number of rotatable bonds is 5. The largest absolute Gasteiger partial charge is 0.393 e. The number of anilines is 2. The van der Waals surface area contributed by atoms with Crippen LogP contribution in [-0.2, 0) is 6.54 Å². The van der Waals surface area contributed by atoms with Crippen LogP contribution >= 0.6 is 0 Å². The molecule has 1 aliphatic heterocycles. The monoisotopic (exact) mass is 444 g/mol. The number of nitrogens with two attached hydrogens (primary N) is 1. The third-order valence-electron chi connectivity index (χ3n) is 5.80. The number of hydrogen-bond acceptors (Lipinski definition) is 8. The molecule has 1 aliphatic rings. The molecule has 0 unspecified atom stereocenters. The predicted octanol–water partition coefficient (Wildman–Crippen LogP) is 2.21. The summed E-state index contributed by atoms with van der Waals surface area (Å²) < 4.78 is 0. The lowest BCUT2D eigenvalue weighted by Gasteiger charge is -2.29. The zero-order chi connectivity index (χ0) is 22.8. The second-order valence-corrected chi connectivity index (χ2v) is 8.21. The molecular formula is C23H24N8O2. The molecule has 10 nitrogen and oxygen atoms in total. The summed E-state index contributed by atoms with van der Waals surface area (Å²) in [6, 6.07) is 7.93. The molecule has 4 aromatic rings. The molecule has 4 heterocycles. The minimum Gasteiger partial charge on any atom is -0.393 e. The Labute approximate surface area is 189 Å². The summed E-state index contributed by atoms with van der Waals surface area (Å²) in [5.41, 5.74) is 9.98. The molecule has 0 spiro atoms. The molecule has 0 radical (unpaired) electrons. The van der Waals surface area contributed by atoms with Crippen LogP contribution in [0.15, 0.2) is 49.1 Å². The SMILES string of the molecule is Nc1ncc(NC(=O)c2n[nH]c3ccc(-c4cncc(CN5CCC(O)CC5)c4)cc23)cn1. The highest BCUT2D eigenvalue weighted by Crippen LogP contribution is 2.26. The highest BCUT2D eigenvalue weighted by atomic mass is 16.3. The number of aliphatic hydroxyl groups is 1. The van der Waals surface area contributed by atoms with Crippen molar-refractivity contribution in [2.45, 2.75) is 25.5 Å². The number of carbonyl (C=O) groups excluding carboxylic acids is 1. The van der Waals surface area contributed by atoms with Crippen molar-refractivity contribution in [3.63, 3.8) is 0 Å². The lowest BCUT2D eigenvalue weighted by atomic mass is 10.0. The number of H-pyrrole nitrogens is 1. The van der Waals surface area contributed by atoms with Crippen LogP contribution in [0.3, 0.4) is 0 Å². The van der Waals surface area contributed by atoms with Crippen molar-refractivity contribution in [1.29, 1.82) is 0 Å². The Morgan fingerprint density at radius 1 is 1.12 bits per heavy atom. The van der Waals surface area contributed by atoms with Crippen LogP contribution in [0.4, 0.5) is 11.6 Å². The molecule has 33 heavy (non-hydrogen) atoms. The molecule has 5 N–H and O–H groups in total. The Morgan fingerprint density at radius 3 is 2.70 bits per heavy atom. The molecule has 1 aromatic carbocycles. The minimum atomic E-state index is -0.370. The first-order valence-corrected chi connectivity index (χ1v) is 10.8. The molecular weight excluding hydrogens is 420 g/mol. The maximum absolute atomic E-state index is 12.8. The van der Waals surface area contributed by atoms with E-state index in [1.54, 1.807) is 0 Å². The number of hydrogen-bond donors (Lipinski definition) is 4. The molecule has 0 atom stereocenters. The maximum atomic E-state index is 12.8. The molecule has 10 heteroatoms. The first-order valence-electron chi connectivity index (χ1n) is 10.8. The Bertz CT molecular complexity index is 1280. The third-order valence-corrected chi connectivity index (χ3v) is 5.80. The number of likely N-dealkylation sites (tertiary alicyclic amines) is 1. The number of nitrogen functional groups attached to an aromatic ring is 1. The average Bonchev–Trinajstić information content (AvgIpc) is 3.26. The van der Waals surface area contributed by atoms with Gasteiger partial charge in [-0.3, -0.25) is 19.8 Å². The summed E-state index contributed by atoms with van der Waals surface area (Å²) in [5, 5.41) is 20.3. The zero-order valence-electron chi connectivity index (χ0n) is 17.9. The van der Waals surface area contributed by atoms with Crippen LogP contribution < -0.4 is 11.1 Å². The third kappa shape index (κ3) is 4.66. The summed E-state index contributed by atoms with van der Waals surface area (Å²) in [7, 11) is 0. The number of aromatic nitrogens is 5. The highest BCUT2D eigenvalue weighted by Gasteiger charge is 2.18. The van der Waals surface area contributed by atoms with E-state index in [1.807, 2.05) is 30.6 Å². The van der Waals surface area contributed by atoms with Crippen LogP contribution in [-0.4, -0.2) is 60.3 Å². The van der Waals surface area contributed by atoms with Gasteiger partial charge in [0.05, 0.1) is 29.7 Å². The van der Waals surface area contributed by atoms with E-state index in [-0.39, 0.29) is 23.7 Å². The van der Waals surface area contributed by atoms with Gasteiger partial charge in [-0.05, 0) is 42.2 Å². The number of pyridine rings is 1. The second-order valence-electron chi connectivity index (χ2n) is 8.21. The Kier molecular flexibility index (Phi) is 5.68. The number of benzene rings is 1. The predicted molar refractivity (Wildman–Crippen MR) is 124 cm³/mol. The summed E-state index contributed by atoms with van der Waals surface area (Å²) in [6.07, 6.45) is 8.00.